The minimum Gasteiger partial charge on any atom is -0.385 e. The summed E-state index contributed by atoms with van der Waals surface area (Å²) in [7, 11) is 3.59. The van der Waals surface area contributed by atoms with E-state index in [2.05, 4.69) is 20.5 Å². The van der Waals surface area contributed by atoms with E-state index >= 15 is 0 Å². The van der Waals surface area contributed by atoms with E-state index in [0.29, 0.717) is 17.4 Å². The lowest BCUT2D eigenvalue weighted by atomic mass is 9.88. The fraction of sp³-hybridized carbons (Fsp3) is 0.900. The van der Waals surface area contributed by atoms with Crippen LogP contribution in [0.3, 0.4) is 0 Å². The van der Waals surface area contributed by atoms with Gasteiger partial charge in [-0.2, -0.15) is 0 Å². The van der Waals surface area contributed by atoms with Gasteiger partial charge in [-0.15, -0.1) is 24.0 Å². The van der Waals surface area contributed by atoms with Gasteiger partial charge in [0.2, 0.25) is 5.91 Å². The predicted molar refractivity (Wildman–Crippen MR) is 120 cm³/mol. The van der Waals surface area contributed by atoms with Crippen molar-refractivity contribution < 1.29 is 9.53 Å². The summed E-state index contributed by atoms with van der Waals surface area (Å²) in [6.07, 6.45) is 10.6. The van der Waals surface area contributed by atoms with Gasteiger partial charge in [0.25, 0.3) is 0 Å². The molecule has 0 aromatic heterocycles. The van der Waals surface area contributed by atoms with Gasteiger partial charge in [0, 0.05) is 52.4 Å². The number of nitrogens with zero attached hydrogens (tertiary/aromatic N) is 2. The number of likely N-dealkylation sites (tertiary alicyclic amines) is 1. The minimum absolute atomic E-state index is 0. The standard InChI is InChI=1S/C20H36N4O2.HI/c1-21-19(22-15-20(9-10-20)11-13-26-2)23-17-8-12-24(14-17)18(25)16-6-4-3-5-7-16;/h16-17H,3-15H2,1-2H3,(H2,21,22,23);1H. The molecule has 1 amide bonds. The highest BCUT2D eigenvalue weighted by Gasteiger charge is 2.42. The topological polar surface area (TPSA) is 66.0 Å². The molecule has 1 unspecified atom stereocenters. The molecule has 0 spiro atoms. The number of amides is 1. The summed E-state index contributed by atoms with van der Waals surface area (Å²) in [5, 5.41) is 7.02. The van der Waals surface area contributed by atoms with E-state index in [0.717, 1.165) is 57.9 Å². The molecule has 0 aromatic rings. The summed E-state index contributed by atoms with van der Waals surface area (Å²) in [6.45, 7) is 3.47. The van der Waals surface area contributed by atoms with Crippen LogP contribution in [-0.2, 0) is 9.53 Å². The molecule has 3 aliphatic rings. The maximum absolute atomic E-state index is 12.7. The Kier molecular flexibility index (Phi) is 9.11. The molecule has 27 heavy (non-hydrogen) atoms. The molecule has 3 rings (SSSR count). The van der Waals surface area contributed by atoms with Gasteiger partial charge < -0.3 is 20.3 Å². The van der Waals surface area contributed by atoms with E-state index in [9.17, 15) is 4.79 Å². The van der Waals surface area contributed by atoms with Crippen LogP contribution in [0.4, 0.5) is 0 Å². The van der Waals surface area contributed by atoms with Crippen LogP contribution in [0, 0.1) is 11.3 Å². The molecule has 2 saturated carbocycles. The Bertz CT molecular complexity index is 504. The van der Waals surface area contributed by atoms with Gasteiger partial charge in [-0.25, -0.2) is 0 Å². The minimum atomic E-state index is 0. The lowest BCUT2D eigenvalue weighted by molar-refractivity contribution is -0.135. The van der Waals surface area contributed by atoms with Crippen LogP contribution >= 0.6 is 24.0 Å². The Balaban J connectivity index is 0.00000261. The summed E-state index contributed by atoms with van der Waals surface area (Å²) >= 11 is 0. The molecule has 1 saturated heterocycles. The maximum atomic E-state index is 12.7. The third kappa shape index (κ3) is 6.48. The number of hydrogen-bond donors (Lipinski definition) is 2. The van der Waals surface area contributed by atoms with Crippen molar-refractivity contribution in [3.05, 3.63) is 0 Å². The Hall–Kier alpha value is -0.570. The van der Waals surface area contributed by atoms with Crippen LogP contribution in [0.5, 0.6) is 0 Å². The van der Waals surface area contributed by atoms with E-state index in [-0.39, 0.29) is 29.9 Å². The summed E-state index contributed by atoms with van der Waals surface area (Å²) in [6, 6.07) is 0.308. The summed E-state index contributed by atoms with van der Waals surface area (Å²) in [5.74, 6) is 1.52. The molecule has 7 heteroatoms. The molecule has 0 aromatic carbocycles. The molecule has 2 aliphatic carbocycles. The first-order valence-corrected chi connectivity index (χ1v) is 10.4. The summed E-state index contributed by atoms with van der Waals surface area (Å²) in [5.41, 5.74) is 0.395. The fourth-order valence-electron chi connectivity index (χ4n) is 4.36. The third-order valence-electron chi connectivity index (χ3n) is 6.44. The average molecular weight is 492 g/mol. The van der Waals surface area contributed by atoms with Crippen molar-refractivity contribution in [1.82, 2.24) is 15.5 Å². The Labute approximate surface area is 181 Å². The van der Waals surface area contributed by atoms with Gasteiger partial charge in [0.1, 0.15) is 0 Å². The van der Waals surface area contributed by atoms with Gasteiger partial charge in [-0.1, -0.05) is 19.3 Å². The number of methoxy groups -OCH3 is 1. The molecule has 0 radical (unpaired) electrons. The smallest absolute Gasteiger partial charge is 0.225 e. The maximum Gasteiger partial charge on any atom is 0.225 e. The van der Waals surface area contributed by atoms with Gasteiger partial charge in [-0.3, -0.25) is 9.79 Å². The zero-order chi connectivity index (χ0) is 18.4. The quantitative estimate of drug-likeness (QED) is 0.326. The number of ether oxygens (including phenoxy) is 1. The average Bonchev–Trinajstić information content (AvgIpc) is 3.31. The number of nitrogens with one attached hydrogen (secondary N) is 2. The molecule has 6 nitrogen and oxygen atoms in total. The number of carbonyl (C=O) groups is 1. The van der Waals surface area contributed by atoms with Crippen LogP contribution in [0.25, 0.3) is 0 Å². The van der Waals surface area contributed by atoms with Gasteiger partial charge in [0.05, 0.1) is 0 Å². The van der Waals surface area contributed by atoms with Crippen LogP contribution in [-0.4, -0.2) is 63.2 Å². The number of rotatable bonds is 7. The Morgan fingerprint density at radius 3 is 2.59 bits per heavy atom. The van der Waals surface area contributed by atoms with Crippen LogP contribution in [0.1, 0.15) is 57.8 Å². The highest BCUT2D eigenvalue weighted by atomic mass is 127. The fourth-order valence-corrected chi connectivity index (χ4v) is 4.36. The van der Waals surface area contributed by atoms with Crippen LogP contribution < -0.4 is 10.6 Å². The Morgan fingerprint density at radius 1 is 1.22 bits per heavy atom. The first-order chi connectivity index (χ1) is 12.7. The lowest BCUT2D eigenvalue weighted by Gasteiger charge is -2.26. The van der Waals surface area contributed by atoms with E-state index < -0.39 is 0 Å². The lowest BCUT2D eigenvalue weighted by Crippen LogP contribution is -2.47. The van der Waals surface area contributed by atoms with E-state index in [4.69, 9.17) is 4.74 Å². The molecule has 0 bridgehead atoms. The van der Waals surface area contributed by atoms with Crippen LogP contribution in [0.2, 0.25) is 0 Å². The normalized spacial score (nSPS) is 25.0. The summed E-state index contributed by atoms with van der Waals surface area (Å²) in [4.78, 5) is 19.2. The monoisotopic (exact) mass is 492 g/mol. The molecule has 2 N–H and O–H groups in total. The van der Waals surface area contributed by atoms with Crippen molar-refractivity contribution in [2.75, 3.05) is 40.4 Å². The van der Waals surface area contributed by atoms with Crippen molar-refractivity contribution in [2.45, 2.75) is 63.8 Å². The largest absolute Gasteiger partial charge is 0.385 e. The number of hydrogen-bond acceptors (Lipinski definition) is 3. The highest BCUT2D eigenvalue weighted by molar-refractivity contribution is 14.0. The molecule has 156 valence electrons. The first-order valence-electron chi connectivity index (χ1n) is 10.4. The third-order valence-corrected chi connectivity index (χ3v) is 6.44. The number of halogens is 1. The summed E-state index contributed by atoms with van der Waals surface area (Å²) < 4.78 is 5.23. The van der Waals surface area contributed by atoms with Crippen molar-refractivity contribution in [1.29, 1.82) is 0 Å². The number of carbonyl (C=O) groups excluding carboxylic acids is 1. The molecule has 1 atom stereocenters. The van der Waals surface area contributed by atoms with Crippen molar-refractivity contribution in [3.63, 3.8) is 0 Å². The molecular formula is C20H37IN4O2. The van der Waals surface area contributed by atoms with E-state index in [1.807, 2.05) is 7.05 Å². The van der Waals surface area contributed by atoms with Gasteiger partial charge in [-0.05, 0) is 43.9 Å². The number of guanidine groups is 1. The molecule has 1 aliphatic heterocycles. The highest BCUT2D eigenvalue weighted by Crippen LogP contribution is 2.48. The second kappa shape index (κ2) is 10.8. The Morgan fingerprint density at radius 2 is 1.96 bits per heavy atom. The van der Waals surface area contributed by atoms with E-state index in [1.165, 1.54) is 32.1 Å². The van der Waals surface area contributed by atoms with E-state index in [1.54, 1.807) is 7.11 Å². The van der Waals surface area contributed by atoms with Crippen LogP contribution in [0.15, 0.2) is 4.99 Å². The van der Waals surface area contributed by atoms with Crippen molar-refractivity contribution in [2.24, 2.45) is 16.3 Å². The second-order valence-corrected chi connectivity index (χ2v) is 8.42. The SMILES string of the molecule is CN=C(NCC1(CCOC)CC1)NC1CCN(C(=O)C2CCCCC2)C1.I. The zero-order valence-corrected chi connectivity index (χ0v) is 19.3. The number of aliphatic imine (C=N–C) groups is 1. The van der Waals surface area contributed by atoms with Gasteiger partial charge >= 0.3 is 0 Å². The van der Waals surface area contributed by atoms with Crippen molar-refractivity contribution >= 4 is 35.8 Å². The second-order valence-electron chi connectivity index (χ2n) is 8.42. The molecular weight excluding hydrogens is 455 g/mol. The molecule has 3 fully saturated rings. The van der Waals surface area contributed by atoms with Crippen molar-refractivity contribution in [3.8, 4) is 0 Å². The zero-order valence-electron chi connectivity index (χ0n) is 17.0. The molecule has 1 heterocycles. The van der Waals surface area contributed by atoms with Gasteiger partial charge in [0.15, 0.2) is 5.96 Å². The predicted octanol–water partition coefficient (Wildman–Crippen LogP) is 2.77. The first kappa shape index (κ1) is 22.7.